The van der Waals surface area contributed by atoms with Gasteiger partial charge in [0.2, 0.25) is 0 Å². The molecule has 0 bridgehead atoms. The highest BCUT2D eigenvalue weighted by Crippen LogP contribution is 2.36. The van der Waals surface area contributed by atoms with E-state index in [9.17, 15) is 0 Å². The maximum Gasteiger partial charge on any atom is 0.175 e. The van der Waals surface area contributed by atoms with Crippen molar-refractivity contribution in [1.82, 2.24) is 0 Å². The molecule has 0 aliphatic heterocycles. The SMILES string of the molecule is CCOc1c(Br)cc(CCl)cc1OC. The van der Waals surface area contributed by atoms with Gasteiger partial charge in [-0.25, -0.2) is 0 Å². The minimum absolute atomic E-state index is 0.460. The normalized spacial score (nSPS) is 10.0. The second-order valence-electron chi connectivity index (χ2n) is 2.68. The summed E-state index contributed by atoms with van der Waals surface area (Å²) in [4.78, 5) is 0. The molecule has 0 saturated heterocycles. The van der Waals surface area contributed by atoms with E-state index in [1.54, 1.807) is 7.11 Å². The van der Waals surface area contributed by atoms with Crippen LogP contribution in [0.15, 0.2) is 16.6 Å². The van der Waals surface area contributed by atoms with Crippen LogP contribution in [0.5, 0.6) is 11.5 Å². The van der Waals surface area contributed by atoms with Gasteiger partial charge in [-0.05, 0) is 40.5 Å². The van der Waals surface area contributed by atoms with Crippen molar-refractivity contribution >= 4 is 27.5 Å². The van der Waals surface area contributed by atoms with Crippen LogP contribution in [0.2, 0.25) is 0 Å². The molecule has 0 radical (unpaired) electrons. The summed E-state index contributed by atoms with van der Waals surface area (Å²) in [6.07, 6.45) is 0. The molecule has 4 heteroatoms. The highest BCUT2D eigenvalue weighted by atomic mass is 79.9. The smallest absolute Gasteiger partial charge is 0.175 e. The third kappa shape index (κ3) is 2.55. The highest BCUT2D eigenvalue weighted by molar-refractivity contribution is 9.10. The Kier molecular flexibility index (Phi) is 4.55. The first-order valence-electron chi connectivity index (χ1n) is 4.28. The average Bonchev–Trinajstić information content (AvgIpc) is 2.20. The molecule has 0 aromatic heterocycles. The zero-order valence-corrected chi connectivity index (χ0v) is 10.5. The Labute approximate surface area is 97.3 Å². The van der Waals surface area contributed by atoms with Crippen molar-refractivity contribution in [2.24, 2.45) is 0 Å². The van der Waals surface area contributed by atoms with E-state index in [1.165, 1.54) is 0 Å². The second kappa shape index (κ2) is 5.47. The Morgan fingerprint density at radius 1 is 1.43 bits per heavy atom. The molecular formula is C10H12BrClO2. The molecule has 0 aliphatic carbocycles. The van der Waals surface area contributed by atoms with Crippen molar-refractivity contribution in [1.29, 1.82) is 0 Å². The summed E-state index contributed by atoms with van der Waals surface area (Å²) in [6.45, 7) is 2.54. The second-order valence-corrected chi connectivity index (χ2v) is 3.80. The minimum Gasteiger partial charge on any atom is -0.493 e. The Morgan fingerprint density at radius 3 is 2.64 bits per heavy atom. The lowest BCUT2D eigenvalue weighted by molar-refractivity contribution is 0.309. The molecule has 1 aromatic carbocycles. The van der Waals surface area contributed by atoms with Gasteiger partial charge in [0.05, 0.1) is 18.2 Å². The van der Waals surface area contributed by atoms with Crippen LogP contribution in [0.3, 0.4) is 0 Å². The fourth-order valence-corrected chi connectivity index (χ4v) is 1.89. The Balaban J connectivity index is 3.13. The number of alkyl halides is 1. The maximum atomic E-state index is 5.74. The molecular weight excluding hydrogens is 267 g/mol. The van der Waals surface area contributed by atoms with Crippen LogP contribution in [0.4, 0.5) is 0 Å². The summed E-state index contributed by atoms with van der Waals surface area (Å²) in [7, 11) is 1.61. The Morgan fingerprint density at radius 2 is 2.14 bits per heavy atom. The van der Waals surface area contributed by atoms with E-state index in [0.29, 0.717) is 18.2 Å². The predicted molar refractivity (Wildman–Crippen MR) is 61.4 cm³/mol. The quantitative estimate of drug-likeness (QED) is 0.784. The van der Waals surface area contributed by atoms with Gasteiger partial charge in [-0.2, -0.15) is 0 Å². The van der Waals surface area contributed by atoms with Crippen molar-refractivity contribution in [3.05, 3.63) is 22.2 Å². The minimum atomic E-state index is 0.460. The molecule has 2 nitrogen and oxygen atoms in total. The first-order valence-corrected chi connectivity index (χ1v) is 5.60. The third-order valence-electron chi connectivity index (χ3n) is 1.73. The maximum absolute atomic E-state index is 5.74. The lowest BCUT2D eigenvalue weighted by Gasteiger charge is -2.12. The Bertz CT molecular complexity index is 315. The van der Waals surface area contributed by atoms with Crippen LogP contribution in [0.1, 0.15) is 12.5 Å². The van der Waals surface area contributed by atoms with Crippen LogP contribution < -0.4 is 9.47 Å². The number of halogens is 2. The van der Waals surface area contributed by atoms with Crippen molar-refractivity contribution in [2.45, 2.75) is 12.8 Å². The number of benzene rings is 1. The van der Waals surface area contributed by atoms with E-state index >= 15 is 0 Å². The van der Waals surface area contributed by atoms with E-state index in [-0.39, 0.29) is 0 Å². The molecule has 0 fully saturated rings. The zero-order valence-electron chi connectivity index (χ0n) is 8.14. The van der Waals surface area contributed by atoms with Crippen LogP contribution in [0, 0.1) is 0 Å². The first-order chi connectivity index (χ1) is 6.72. The van der Waals surface area contributed by atoms with Crippen LogP contribution in [-0.4, -0.2) is 13.7 Å². The molecule has 0 unspecified atom stereocenters. The highest BCUT2D eigenvalue weighted by Gasteiger charge is 2.10. The molecule has 0 amide bonds. The van der Waals surface area contributed by atoms with Gasteiger partial charge in [0.15, 0.2) is 11.5 Å². The molecule has 0 atom stereocenters. The van der Waals surface area contributed by atoms with Gasteiger partial charge in [0.1, 0.15) is 0 Å². The molecule has 1 rings (SSSR count). The average molecular weight is 280 g/mol. The number of hydrogen-bond acceptors (Lipinski definition) is 2. The molecule has 0 spiro atoms. The van der Waals surface area contributed by atoms with E-state index in [0.717, 1.165) is 15.8 Å². The first kappa shape index (κ1) is 11.7. The topological polar surface area (TPSA) is 18.5 Å². The van der Waals surface area contributed by atoms with Gasteiger partial charge in [0.25, 0.3) is 0 Å². The Hall–Kier alpha value is -0.410. The number of ether oxygens (including phenoxy) is 2. The van der Waals surface area contributed by atoms with Gasteiger partial charge >= 0.3 is 0 Å². The van der Waals surface area contributed by atoms with Gasteiger partial charge < -0.3 is 9.47 Å². The summed E-state index contributed by atoms with van der Waals surface area (Å²) in [5, 5.41) is 0. The fourth-order valence-electron chi connectivity index (χ4n) is 1.13. The number of hydrogen-bond donors (Lipinski definition) is 0. The molecule has 0 N–H and O–H groups in total. The zero-order chi connectivity index (χ0) is 10.6. The summed E-state index contributed by atoms with van der Waals surface area (Å²) >= 11 is 9.16. The van der Waals surface area contributed by atoms with E-state index < -0.39 is 0 Å². The summed E-state index contributed by atoms with van der Waals surface area (Å²) < 4.78 is 11.5. The van der Waals surface area contributed by atoms with E-state index in [2.05, 4.69) is 15.9 Å². The number of rotatable bonds is 4. The summed E-state index contributed by atoms with van der Waals surface area (Å²) in [5.74, 6) is 1.89. The third-order valence-corrected chi connectivity index (χ3v) is 2.63. The van der Waals surface area contributed by atoms with Crippen LogP contribution in [-0.2, 0) is 5.88 Å². The van der Waals surface area contributed by atoms with E-state index in [4.69, 9.17) is 21.1 Å². The predicted octanol–water partition coefficient (Wildman–Crippen LogP) is 3.60. The molecule has 1 aromatic rings. The molecule has 0 saturated carbocycles. The van der Waals surface area contributed by atoms with E-state index in [1.807, 2.05) is 19.1 Å². The number of methoxy groups -OCH3 is 1. The van der Waals surface area contributed by atoms with Gasteiger partial charge in [-0.15, -0.1) is 11.6 Å². The monoisotopic (exact) mass is 278 g/mol. The molecule has 78 valence electrons. The van der Waals surface area contributed by atoms with Crippen molar-refractivity contribution in [3.63, 3.8) is 0 Å². The standard InChI is InChI=1S/C10H12BrClO2/c1-3-14-10-8(11)4-7(6-12)5-9(10)13-2/h4-5H,3,6H2,1-2H3. The molecule has 14 heavy (non-hydrogen) atoms. The largest absolute Gasteiger partial charge is 0.493 e. The van der Waals surface area contributed by atoms with Gasteiger partial charge in [-0.3, -0.25) is 0 Å². The molecule has 0 aliphatic rings. The molecule has 0 heterocycles. The van der Waals surface area contributed by atoms with Crippen molar-refractivity contribution in [2.75, 3.05) is 13.7 Å². The van der Waals surface area contributed by atoms with Crippen LogP contribution >= 0.6 is 27.5 Å². The fraction of sp³-hybridized carbons (Fsp3) is 0.400. The van der Waals surface area contributed by atoms with Gasteiger partial charge in [0, 0.05) is 5.88 Å². The van der Waals surface area contributed by atoms with Crippen molar-refractivity contribution in [3.8, 4) is 11.5 Å². The van der Waals surface area contributed by atoms with Gasteiger partial charge in [-0.1, -0.05) is 0 Å². The van der Waals surface area contributed by atoms with Crippen molar-refractivity contribution < 1.29 is 9.47 Å². The summed E-state index contributed by atoms with van der Waals surface area (Å²) in [6, 6.07) is 3.81. The summed E-state index contributed by atoms with van der Waals surface area (Å²) in [5.41, 5.74) is 0.999. The lowest BCUT2D eigenvalue weighted by Crippen LogP contribution is -1.97. The lowest BCUT2D eigenvalue weighted by atomic mass is 10.2. The van der Waals surface area contributed by atoms with Crippen LogP contribution in [0.25, 0.3) is 0 Å².